The molecule has 0 aliphatic heterocycles. The van der Waals surface area contributed by atoms with Crippen LogP contribution in [0.5, 0.6) is 0 Å². The Morgan fingerprint density at radius 3 is 3.08 bits per heavy atom. The van der Waals surface area contributed by atoms with Crippen LogP contribution in [0.1, 0.15) is 0 Å². The molecule has 1 aromatic carbocycles. The van der Waals surface area contributed by atoms with Crippen LogP contribution in [-0.2, 0) is 0 Å². The van der Waals surface area contributed by atoms with Crippen molar-refractivity contribution in [3.8, 4) is 0 Å². The number of rotatable bonds is 0. The Balaban J connectivity index is 2.94. The van der Waals surface area contributed by atoms with E-state index < -0.39 is 0 Å². The van der Waals surface area contributed by atoms with E-state index in [2.05, 4.69) is 48.7 Å². The lowest BCUT2D eigenvalue weighted by atomic mass is 10.3. The highest BCUT2D eigenvalue weighted by atomic mass is 127. The molecule has 1 heterocycles. The number of H-pyrrole nitrogens is 1. The number of benzene rings is 1. The number of nitrogens with one attached hydrogen (secondary N) is 1. The van der Waals surface area contributed by atoms with Crippen molar-refractivity contribution in [2.75, 3.05) is 0 Å². The Morgan fingerprint density at radius 1 is 1.58 bits per heavy atom. The average molecular weight is 357 g/mol. The summed E-state index contributed by atoms with van der Waals surface area (Å²) < 4.78 is 1.98. The number of halogens is 3. The average Bonchev–Trinajstić information content (AvgIpc) is 2.48. The molecule has 0 amide bonds. The lowest BCUT2D eigenvalue weighted by Gasteiger charge is -1.99. The Hall–Kier alpha value is 0.190. The van der Waals surface area contributed by atoms with E-state index in [4.69, 9.17) is 11.6 Å². The van der Waals surface area contributed by atoms with Gasteiger partial charge in [0, 0.05) is 8.96 Å². The summed E-state index contributed by atoms with van der Waals surface area (Å²) in [6.07, 6.45) is 1.75. The summed E-state index contributed by atoms with van der Waals surface area (Å²) in [5.74, 6) is 0. The maximum absolute atomic E-state index is 5.97. The third kappa shape index (κ3) is 1.25. The molecule has 2 rings (SSSR count). The molecule has 0 spiro atoms. The lowest BCUT2D eigenvalue weighted by molar-refractivity contribution is 1.12. The van der Waals surface area contributed by atoms with Crippen LogP contribution < -0.4 is 0 Å². The van der Waals surface area contributed by atoms with Gasteiger partial charge in [-0.1, -0.05) is 11.6 Å². The van der Waals surface area contributed by atoms with E-state index in [0.717, 1.165) is 24.0 Å². The summed E-state index contributed by atoms with van der Waals surface area (Å²) in [4.78, 5) is 0. The second kappa shape index (κ2) is 3.16. The number of nitrogens with zero attached hydrogens (tertiary/aromatic N) is 1. The molecular formula is C7H3BrClIN2. The number of aromatic nitrogens is 2. The maximum Gasteiger partial charge on any atom is 0.0804 e. The minimum absolute atomic E-state index is 0.747. The first-order valence-electron chi connectivity index (χ1n) is 3.16. The third-order valence-electron chi connectivity index (χ3n) is 1.57. The van der Waals surface area contributed by atoms with Gasteiger partial charge < -0.3 is 0 Å². The fourth-order valence-corrected chi connectivity index (χ4v) is 2.28. The van der Waals surface area contributed by atoms with Crippen LogP contribution in [0.15, 0.2) is 16.7 Å². The number of fused-ring (bicyclic) bond motifs is 1. The molecule has 5 heteroatoms. The smallest absolute Gasteiger partial charge is 0.0804 e. The molecule has 0 aliphatic rings. The summed E-state index contributed by atoms with van der Waals surface area (Å²) in [5.41, 5.74) is 0.990. The van der Waals surface area contributed by atoms with Gasteiger partial charge in [0.25, 0.3) is 0 Å². The van der Waals surface area contributed by atoms with Gasteiger partial charge in [0.15, 0.2) is 0 Å². The first-order valence-corrected chi connectivity index (χ1v) is 5.41. The SMILES string of the molecule is Clc1cc2cn[nH]c2c(Br)c1I. The number of hydrogen-bond donors (Lipinski definition) is 1. The molecule has 0 unspecified atom stereocenters. The number of hydrogen-bond acceptors (Lipinski definition) is 1. The van der Waals surface area contributed by atoms with Gasteiger partial charge >= 0.3 is 0 Å². The van der Waals surface area contributed by atoms with Gasteiger partial charge in [0.2, 0.25) is 0 Å². The summed E-state index contributed by atoms with van der Waals surface area (Å²) >= 11 is 11.6. The molecule has 2 aromatic rings. The fraction of sp³-hybridized carbons (Fsp3) is 0. The van der Waals surface area contributed by atoms with E-state index in [0.29, 0.717) is 0 Å². The van der Waals surface area contributed by atoms with Crippen LogP contribution in [0, 0.1) is 3.57 Å². The van der Waals surface area contributed by atoms with E-state index in [1.807, 2.05) is 6.07 Å². The number of aromatic amines is 1. The minimum atomic E-state index is 0.747. The van der Waals surface area contributed by atoms with Crippen LogP contribution in [0.25, 0.3) is 10.9 Å². The van der Waals surface area contributed by atoms with E-state index in [9.17, 15) is 0 Å². The quantitative estimate of drug-likeness (QED) is 0.567. The van der Waals surface area contributed by atoms with Gasteiger partial charge in [0.1, 0.15) is 0 Å². The molecule has 0 bridgehead atoms. The zero-order valence-corrected chi connectivity index (χ0v) is 10.2. The monoisotopic (exact) mass is 356 g/mol. The molecule has 2 nitrogen and oxygen atoms in total. The fourth-order valence-electron chi connectivity index (χ4n) is 0.995. The van der Waals surface area contributed by atoms with Gasteiger partial charge in [-0.05, 0) is 44.6 Å². The Labute approximate surface area is 95.9 Å². The lowest BCUT2D eigenvalue weighted by Crippen LogP contribution is -1.79. The zero-order chi connectivity index (χ0) is 8.72. The zero-order valence-electron chi connectivity index (χ0n) is 5.74. The van der Waals surface area contributed by atoms with Crippen molar-refractivity contribution in [2.24, 2.45) is 0 Å². The molecule has 0 radical (unpaired) electrons. The minimum Gasteiger partial charge on any atom is -0.277 e. The van der Waals surface area contributed by atoms with Crippen LogP contribution in [0.4, 0.5) is 0 Å². The van der Waals surface area contributed by atoms with Crippen molar-refractivity contribution in [3.05, 3.63) is 25.3 Å². The molecule has 0 aliphatic carbocycles. The van der Waals surface area contributed by atoms with Crippen LogP contribution in [-0.4, -0.2) is 10.2 Å². The highest BCUT2D eigenvalue weighted by molar-refractivity contribution is 14.1. The second-order valence-electron chi connectivity index (χ2n) is 2.32. The Bertz CT molecular complexity index is 440. The van der Waals surface area contributed by atoms with Crippen LogP contribution in [0.3, 0.4) is 0 Å². The molecule has 1 N–H and O–H groups in total. The van der Waals surface area contributed by atoms with Crippen molar-refractivity contribution in [1.29, 1.82) is 0 Å². The van der Waals surface area contributed by atoms with Crippen molar-refractivity contribution in [3.63, 3.8) is 0 Å². The molecule has 0 atom stereocenters. The molecule has 0 saturated carbocycles. The molecule has 0 fully saturated rings. The van der Waals surface area contributed by atoms with Gasteiger partial charge in [0.05, 0.1) is 21.2 Å². The van der Waals surface area contributed by atoms with Crippen LogP contribution in [0.2, 0.25) is 5.02 Å². The summed E-state index contributed by atoms with van der Waals surface area (Å²) in [6, 6.07) is 1.90. The van der Waals surface area contributed by atoms with Crippen LogP contribution >= 0.6 is 50.1 Å². The van der Waals surface area contributed by atoms with Gasteiger partial charge in [-0.15, -0.1) is 0 Å². The van der Waals surface area contributed by atoms with Crippen molar-refractivity contribution < 1.29 is 0 Å². The predicted molar refractivity (Wildman–Crippen MR) is 61.5 cm³/mol. The highest BCUT2D eigenvalue weighted by Gasteiger charge is 2.08. The third-order valence-corrected chi connectivity index (χ3v) is 4.84. The molecular weight excluding hydrogens is 354 g/mol. The summed E-state index contributed by atoms with van der Waals surface area (Å²) in [7, 11) is 0. The molecule has 0 saturated heterocycles. The first-order chi connectivity index (χ1) is 5.70. The first kappa shape index (κ1) is 8.77. The Kier molecular flexibility index (Phi) is 2.31. The van der Waals surface area contributed by atoms with Gasteiger partial charge in [-0.2, -0.15) is 5.10 Å². The van der Waals surface area contributed by atoms with E-state index >= 15 is 0 Å². The molecule has 1 aromatic heterocycles. The van der Waals surface area contributed by atoms with E-state index in [1.165, 1.54) is 0 Å². The van der Waals surface area contributed by atoms with Gasteiger partial charge in [-0.3, -0.25) is 5.10 Å². The summed E-state index contributed by atoms with van der Waals surface area (Å²) in [5, 5.41) is 8.59. The van der Waals surface area contributed by atoms with Crippen molar-refractivity contribution in [2.45, 2.75) is 0 Å². The molecule has 12 heavy (non-hydrogen) atoms. The van der Waals surface area contributed by atoms with E-state index in [1.54, 1.807) is 6.20 Å². The normalized spacial score (nSPS) is 10.9. The van der Waals surface area contributed by atoms with E-state index in [-0.39, 0.29) is 0 Å². The molecule has 62 valence electrons. The topological polar surface area (TPSA) is 28.7 Å². The second-order valence-corrected chi connectivity index (χ2v) is 4.60. The van der Waals surface area contributed by atoms with Gasteiger partial charge in [-0.25, -0.2) is 0 Å². The maximum atomic E-state index is 5.97. The van der Waals surface area contributed by atoms with Crippen molar-refractivity contribution >= 4 is 61.0 Å². The Morgan fingerprint density at radius 2 is 2.33 bits per heavy atom. The standard InChI is InChI=1S/C7H3BrClIN2/c8-5-6(10)4(9)1-3-2-11-12-7(3)5/h1-2H,(H,11,12). The largest absolute Gasteiger partial charge is 0.277 e. The highest BCUT2D eigenvalue weighted by Crippen LogP contribution is 2.32. The summed E-state index contributed by atoms with van der Waals surface area (Å²) in [6.45, 7) is 0. The van der Waals surface area contributed by atoms with Crippen molar-refractivity contribution in [1.82, 2.24) is 10.2 Å². The predicted octanol–water partition coefficient (Wildman–Crippen LogP) is 3.58.